The Balaban J connectivity index is 2.34. The van der Waals surface area contributed by atoms with E-state index in [0.717, 1.165) is 0 Å². The first-order valence-corrected chi connectivity index (χ1v) is 5.72. The molecule has 0 bridgehead atoms. The van der Waals surface area contributed by atoms with Gasteiger partial charge in [0.15, 0.2) is 0 Å². The van der Waals surface area contributed by atoms with E-state index in [-0.39, 0.29) is 19.1 Å². The maximum absolute atomic E-state index is 11.3. The molecule has 1 heterocycles. The third-order valence-electron chi connectivity index (χ3n) is 1.75. The SMILES string of the molecule is C=C(Br)CNC(=O)NCc1cn(CC(=O)O)nn1. The average molecular weight is 318 g/mol. The van der Waals surface area contributed by atoms with Crippen LogP contribution in [0.2, 0.25) is 0 Å². The van der Waals surface area contributed by atoms with Gasteiger partial charge >= 0.3 is 12.0 Å². The number of urea groups is 1. The summed E-state index contributed by atoms with van der Waals surface area (Å²) < 4.78 is 1.84. The van der Waals surface area contributed by atoms with Crippen LogP contribution < -0.4 is 10.6 Å². The van der Waals surface area contributed by atoms with Gasteiger partial charge in [-0.15, -0.1) is 5.10 Å². The van der Waals surface area contributed by atoms with E-state index in [9.17, 15) is 9.59 Å². The lowest BCUT2D eigenvalue weighted by atomic mass is 10.4. The van der Waals surface area contributed by atoms with Gasteiger partial charge in [0, 0.05) is 4.48 Å². The molecule has 0 spiro atoms. The van der Waals surface area contributed by atoms with Crippen LogP contribution in [0.1, 0.15) is 5.69 Å². The molecule has 0 aliphatic rings. The molecule has 0 saturated carbocycles. The molecule has 0 unspecified atom stereocenters. The maximum atomic E-state index is 11.3. The monoisotopic (exact) mass is 317 g/mol. The smallest absolute Gasteiger partial charge is 0.325 e. The zero-order valence-corrected chi connectivity index (χ0v) is 11.0. The van der Waals surface area contributed by atoms with Crippen molar-refractivity contribution >= 4 is 27.9 Å². The number of carbonyl (C=O) groups excluding carboxylic acids is 1. The van der Waals surface area contributed by atoms with Crippen LogP contribution in [0.4, 0.5) is 4.79 Å². The highest BCUT2D eigenvalue weighted by Gasteiger charge is 2.05. The number of carboxylic acids is 1. The second-order valence-corrected chi connectivity index (χ2v) is 4.48. The Bertz CT molecular complexity index is 459. The molecule has 0 radical (unpaired) electrons. The maximum Gasteiger partial charge on any atom is 0.325 e. The molecule has 98 valence electrons. The molecule has 0 aromatic carbocycles. The summed E-state index contributed by atoms with van der Waals surface area (Å²) in [6.07, 6.45) is 1.46. The van der Waals surface area contributed by atoms with Crippen LogP contribution in [0.25, 0.3) is 0 Å². The van der Waals surface area contributed by atoms with Crippen LogP contribution in [0.3, 0.4) is 0 Å². The Kier molecular flexibility index (Phi) is 5.31. The predicted octanol–water partition coefficient (Wildman–Crippen LogP) is 0.0705. The van der Waals surface area contributed by atoms with E-state index in [1.54, 1.807) is 0 Å². The number of aliphatic carboxylic acids is 1. The number of amides is 2. The molecule has 2 amide bonds. The van der Waals surface area contributed by atoms with Crippen molar-refractivity contribution in [3.63, 3.8) is 0 Å². The fourth-order valence-corrected chi connectivity index (χ4v) is 1.19. The second-order valence-electron chi connectivity index (χ2n) is 3.35. The summed E-state index contributed by atoms with van der Waals surface area (Å²) in [7, 11) is 0. The highest BCUT2D eigenvalue weighted by molar-refractivity contribution is 9.11. The van der Waals surface area contributed by atoms with Gasteiger partial charge in [0.1, 0.15) is 12.2 Å². The van der Waals surface area contributed by atoms with Gasteiger partial charge in [-0.1, -0.05) is 27.7 Å². The number of rotatable bonds is 6. The largest absolute Gasteiger partial charge is 0.480 e. The first kappa shape index (κ1) is 14.2. The number of hydrogen-bond acceptors (Lipinski definition) is 4. The van der Waals surface area contributed by atoms with Gasteiger partial charge in [-0.2, -0.15) is 0 Å². The number of nitrogens with one attached hydrogen (secondary N) is 2. The molecule has 1 aromatic heterocycles. The van der Waals surface area contributed by atoms with E-state index in [1.807, 2.05) is 0 Å². The van der Waals surface area contributed by atoms with Crippen LogP contribution in [0.15, 0.2) is 17.3 Å². The zero-order valence-electron chi connectivity index (χ0n) is 9.39. The van der Waals surface area contributed by atoms with Crippen molar-refractivity contribution in [3.8, 4) is 0 Å². The zero-order chi connectivity index (χ0) is 13.5. The van der Waals surface area contributed by atoms with Gasteiger partial charge in [0.05, 0.1) is 19.3 Å². The summed E-state index contributed by atoms with van der Waals surface area (Å²) in [4.78, 5) is 21.7. The average Bonchev–Trinajstić information content (AvgIpc) is 2.70. The minimum absolute atomic E-state index is 0.167. The molecular formula is C9H12BrN5O3. The first-order chi connectivity index (χ1) is 8.47. The van der Waals surface area contributed by atoms with Crippen molar-refractivity contribution in [1.29, 1.82) is 0 Å². The molecule has 0 fully saturated rings. The molecule has 0 saturated heterocycles. The second kappa shape index (κ2) is 6.74. The molecule has 1 rings (SSSR count). The molecule has 9 heteroatoms. The van der Waals surface area contributed by atoms with Crippen molar-refractivity contribution < 1.29 is 14.7 Å². The summed E-state index contributed by atoms with van der Waals surface area (Å²) >= 11 is 3.11. The van der Waals surface area contributed by atoms with Crippen molar-refractivity contribution in [2.75, 3.05) is 6.54 Å². The van der Waals surface area contributed by atoms with E-state index >= 15 is 0 Å². The van der Waals surface area contributed by atoms with E-state index in [0.29, 0.717) is 16.7 Å². The van der Waals surface area contributed by atoms with Gasteiger partial charge in [0.2, 0.25) is 0 Å². The third-order valence-corrected chi connectivity index (χ3v) is 2.03. The highest BCUT2D eigenvalue weighted by atomic mass is 79.9. The summed E-state index contributed by atoms with van der Waals surface area (Å²) in [5, 5.41) is 20.9. The van der Waals surface area contributed by atoms with Crippen LogP contribution >= 0.6 is 15.9 Å². The van der Waals surface area contributed by atoms with Crippen LogP contribution in [0, 0.1) is 0 Å². The highest BCUT2D eigenvalue weighted by Crippen LogP contribution is 1.96. The Morgan fingerprint density at radius 3 is 2.83 bits per heavy atom. The normalized spacial score (nSPS) is 9.83. The number of hydrogen-bond donors (Lipinski definition) is 3. The van der Waals surface area contributed by atoms with Crippen molar-refractivity contribution in [2.45, 2.75) is 13.1 Å². The Morgan fingerprint density at radius 1 is 1.50 bits per heavy atom. The van der Waals surface area contributed by atoms with Gasteiger partial charge < -0.3 is 15.7 Å². The molecular weight excluding hydrogens is 306 g/mol. The van der Waals surface area contributed by atoms with E-state index in [1.165, 1.54) is 10.9 Å². The van der Waals surface area contributed by atoms with Gasteiger partial charge in [-0.05, 0) is 0 Å². The molecule has 0 atom stereocenters. The lowest BCUT2D eigenvalue weighted by molar-refractivity contribution is -0.137. The molecule has 3 N–H and O–H groups in total. The molecule has 18 heavy (non-hydrogen) atoms. The minimum atomic E-state index is -1.01. The molecule has 1 aromatic rings. The minimum Gasteiger partial charge on any atom is -0.480 e. The molecule has 8 nitrogen and oxygen atoms in total. The molecule has 0 aliphatic carbocycles. The Hall–Kier alpha value is -1.90. The van der Waals surface area contributed by atoms with Crippen LogP contribution in [-0.4, -0.2) is 38.6 Å². The van der Waals surface area contributed by atoms with Gasteiger partial charge in [0.25, 0.3) is 0 Å². The van der Waals surface area contributed by atoms with E-state index in [4.69, 9.17) is 5.11 Å². The van der Waals surface area contributed by atoms with E-state index < -0.39 is 5.97 Å². The van der Waals surface area contributed by atoms with Crippen molar-refractivity contribution in [1.82, 2.24) is 25.6 Å². The lowest BCUT2D eigenvalue weighted by Crippen LogP contribution is -2.35. The van der Waals surface area contributed by atoms with Gasteiger partial charge in [-0.3, -0.25) is 4.79 Å². The number of carboxylic acid groups (broad SMARTS) is 1. The fourth-order valence-electron chi connectivity index (χ4n) is 1.04. The van der Waals surface area contributed by atoms with E-state index in [2.05, 4.69) is 43.5 Å². The number of halogens is 1. The van der Waals surface area contributed by atoms with Crippen molar-refractivity contribution in [3.05, 3.63) is 23.0 Å². The topological polar surface area (TPSA) is 109 Å². The number of carbonyl (C=O) groups is 2. The lowest BCUT2D eigenvalue weighted by Gasteiger charge is -2.04. The van der Waals surface area contributed by atoms with Gasteiger partial charge in [-0.25, -0.2) is 9.48 Å². The summed E-state index contributed by atoms with van der Waals surface area (Å²) in [6, 6.07) is -0.372. The first-order valence-electron chi connectivity index (χ1n) is 4.93. The summed E-state index contributed by atoms with van der Waals surface area (Å²) in [6.45, 7) is 3.79. The Labute approximate surface area is 111 Å². The van der Waals surface area contributed by atoms with Crippen LogP contribution in [0.5, 0.6) is 0 Å². The quantitative estimate of drug-likeness (QED) is 0.688. The number of nitrogens with zero attached hydrogens (tertiary/aromatic N) is 3. The van der Waals surface area contributed by atoms with Crippen molar-refractivity contribution in [2.24, 2.45) is 0 Å². The van der Waals surface area contributed by atoms with Crippen LogP contribution in [-0.2, 0) is 17.9 Å². The number of aromatic nitrogens is 3. The fraction of sp³-hybridized carbons (Fsp3) is 0.333. The Morgan fingerprint density at radius 2 is 2.22 bits per heavy atom. The standard InChI is InChI=1S/C9H12BrN5O3/c1-6(10)2-11-9(18)12-3-7-4-15(14-13-7)5-8(16)17/h4H,1-3,5H2,(H,16,17)(H2,11,12,18). The molecule has 0 aliphatic heterocycles. The summed E-state index contributed by atoms with van der Waals surface area (Å²) in [5.74, 6) is -1.01. The predicted molar refractivity (Wildman–Crippen MR) is 66.0 cm³/mol. The summed E-state index contributed by atoms with van der Waals surface area (Å²) in [5.41, 5.74) is 0.476. The third kappa shape index (κ3) is 5.43.